The number of nitrogens with two attached hydrogens (primary N) is 1. The zero-order valence-electron chi connectivity index (χ0n) is 10.0. The molecule has 15 heavy (non-hydrogen) atoms. The Morgan fingerprint density at radius 3 is 2.47 bits per heavy atom. The molecule has 0 bridgehead atoms. The summed E-state index contributed by atoms with van der Waals surface area (Å²) in [5.41, 5.74) is 8.34. The molecule has 0 atom stereocenters. The molecule has 1 nitrogen and oxygen atoms in total. The lowest BCUT2D eigenvalue weighted by atomic mass is 10.0. The molecule has 0 unspecified atom stereocenters. The molecule has 0 radical (unpaired) electrons. The third kappa shape index (κ3) is 2.80. The van der Waals surface area contributed by atoms with Gasteiger partial charge in [0, 0.05) is 0 Å². The second-order valence-corrected chi connectivity index (χ2v) is 9.90. The number of rotatable bonds is 4. The molecule has 0 aromatic heterocycles. The van der Waals surface area contributed by atoms with Gasteiger partial charge in [-0.25, -0.2) is 0 Å². The van der Waals surface area contributed by atoms with E-state index in [9.17, 15) is 0 Å². The minimum Gasteiger partial charge on any atom is -0.330 e. The quantitative estimate of drug-likeness (QED) is 0.773. The van der Waals surface area contributed by atoms with E-state index in [4.69, 9.17) is 5.73 Å². The molecule has 0 aliphatic rings. The molecule has 1 aromatic carbocycles. The summed E-state index contributed by atoms with van der Waals surface area (Å²) in [5.74, 6) is 0. The summed E-state index contributed by atoms with van der Waals surface area (Å²) in [6.45, 7) is 11.7. The predicted octanol–water partition coefficient (Wildman–Crippen LogP) is 2.38. The van der Waals surface area contributed by atoms with Crippen LogP contribution in [0.25, 0.3) is 6.08 Å². The van der Waals surface area contributed by atoms with Gasteiger partial charge in [-0.15, -0.1) is 0 Å². The summed E-state index contributed by atoms with van der Waals surface area (Å²) in [7, 11) is -1.27. The summed E-state index contributed by atoms with van der Waals surface area (Å²) in [5, 5.41) is 1.52. The molecular formula is C13H21NSi. The lowest BCUT2D eigenvalue weighted by Crippen LogP contribution is -2.41. The van der Waals surface area contributed by atoms with Crippen LogP contribution in [0, 0.1) is 0 Å². The van der Waals surface area contributed by atoms with Crippen molar-refractivity contribution in [3.8, 4) is 0 Å². The number of hydrogen-bond acceptors (Lipinski definition) is 1. The third-order valence-corrected chi connectivity index (χ3v) is 4.72. The van der Waals surface area contributed by atoms with E-state index in [2.05, 4.69) is 44.4 Å². The summed E-state index contributed by atoms with van der Waals surface area (Å²) in [6.07, 6.45) is 2.90. The molecule has 82 valence electrons. The molecule has 0 saturated heterocycles. The van der Waals surface area contributed by atoms with Gasteiger partial charge in [-0.1, -0.05) is 55.7 Å². The first kappa shape index (κ1) is 12.2. The Hall–Kier alpha value is -0.863. The molecule has 2 heteroatoms. The minimum atomic E-state index is -1.27. The van der Waals surface area contributed by atoms with Crippen LogP contribution < -0.4 is 10.9 Å². The van der Waals surface area contributed by atoms with E-state index < -0.39 is 8.07 Å². The molecule has 1 rings (SSSR count). The third-order valence-electron chi connectivity index (χ3n) is 2.63. The normalized spacial score (nSPS) is 11.5. The van der Waals surface area contributed by atoms with E-state index in [0.29, 0.717) is 6.54 Å². The predicted molar refractivity (Wildman–Crippen MR) is 72.3 cm³/mol. The van der Waals surface area contributed by atoms with E-state index in [1.807, 2.05) is 6.08 Å². The van der Waals surface area contributed by atoms with Crippen LogP contribution in [-0.4, -0.2) is 14.6 Å². The highest BCUT2D eigenvalue weighted by molar-refractivity contribution is 6.89. The maximum absolute atomic E-state index is 5.68. The second kappa shape index (κ2) is 4.77. The fraction of sp³-hybridized carbons (Fsp3) is 0.385. The molecule has 2 N–H and O–H groups in total. The van der Waals surface area contributed by atoms with E-state index in [1.54, 1.807) is 0 Å². The Labute approximate surface area is 94.0 Å². The van der Waals surface area contributed by atoms with Crippen molar-refractivity contribution in [3.05, 3.63) is 35.9 Å². The van der Waals surface area contributed by atoms with Crippen LogP contribution in [0.4, 0.5) is 0 Å². The van der Waals surface area contributed by atoms with Crippen molar-refractivity contribution >= 4 is 19.3 Å². The molecule has 0 fully saturated rings. The van der Waals surface area contributed by atoms with Crippen LogP contribution in [0.15, 0.2) is 24.8 Å². The van der Waals surface area contributed by atoms with Crippen molar-refractivity contribution in [2.45, 2.75) is 26.1 Å². The zero-order chi connectivity index (χ0) is 11.5. The van der Waals surface area contributed by atoms with Crippen LogP contribution in [0.5, 0.6) is 0 Å². The molecule has 0 amide bonds. The topological polar surface area (TPSA) is 26.0 Å². The van der Waals surface area contributed by atoms with E-state index in [0.717, 1.165) is 6.42 Å². The minimum absolute atomic E-state index is 0.711. The Morgan fingerprint density at radius 1 is 1.33 bits per heavy atom. The maximum Gasteiger partial charge on any atom is 0.0779 e. The SMILES string of the molecule is C=Cc1cccc([Si](C)(C)C)c1CCN. The van der Waals surface area contributed by atoms with E-state index in [1.165, 1.54) is 16.3 Å². The highest BCUT2D eigenvalue weighted by atomic mass is 28.3. The summed E-state index contributed by atoms with van der Waals surface area (Å²) in [6, 6.07) is 6.51. The van der Waals surface area contributed by atoms with Crippen molar-refractivity contribution < 1.29 is 0 Å². The average molecular weight is 219 g/mol. The van der Waals surface area contributed by atoms with Gasteiger partial charge in [-0.3, -0.25) is 0 Å². The van der Waals surface area contributed by atoms with E-state index >= 15 is 0 Å². The van der Waals surface area contributed by atoms with Crippen molar-refractivity contribution in [3.63, 3.8) is 0 Å². The Balaban J connectivity index is 3.31. The summed E-state index contributed by atoms with van der Waals surface area (Å²) in [4.78, 5) is 0. The van der Waals surface area contributed by atoms with Gasteiger partial charge in [0.25, 0.3) is 0 Å². The van der Waals surface area contributed by atoms with Crippen molar-refractivity contribution in [2.24, 2.45) is 5.73 Å². The molecule has 0 saturated carbocycles. The monoisotopic (exact) mass is 219 g/mol. The highest BCUT2D eigenvalue weighted by Crippen LogP contribution is 2.13. The van der Waals surface area contributed by atoms with Gasteiger partial charge in [-0.05, 0) is 24.1 Å². The molecule has 0 heterocycles. The second-order valence-electron chi connectivity index (χ2n) is 4.87. The Kier molecular flexibility index (Phi) is 3.88. The molecular weight excluding hydrogens is 198 g/mol. The van der Waals surface area contributed by atoms with Gasteiger partial charge in [-0.2, -0.15) is 0 Å². The van der Waals surface area contributed by atoms with Crippen molar-refractivity contribution in [2.75, 3.05) is 6.54 Å². The van der Waals surface area contributed by atoms with Crippen molar-refractivity contribution in [1.29, 1.82) is 0 Å². The van der Waals surface area contributed by atoms with Crippen LogP contribution in [0.3, 0.4) is 0 Å². The van der Waals surface area contributed by atoms with Crippen LogP contribution >= 0.6 is 0 Å². The fourth-order valence-corrected chi connectivity index (χ4v) is 3.69. The molecule has 0 aliphatic heterocycles. The Bertz CT molecular complexity index is 350. The highest BCUT2D eigenvalue weighted by Gasteiger charge is 2.20. The first-order valence-corrected chi connectivity index (χ1v) is 8.95. The average Bonchev–Trinajstić information content (AvgIpc) is 2.17. The Morgan fingerprint density at radius 2 is 2.00 bits per heavy atom. The number of hydrogen-bond donors (Lipinski definition) is 1. The fourth-order valence-electron chi connectivity index (χ4n) is 1.92. The van der Waals surface area contributed by atoms with E-state index in [-0.39, 0.29) is 0 Å². The van der Waals surface area contributed by atoms with Crippen LogP contribution in [0.2, 0.25) is 19.6 Å². The smallest absolute Gasteiger partial charge is 0.0779 e. The van der Waals surface area contributed by atoms with Gasteiger partial charge < -0.3 is 5.73 Å². The van der Waals surface area contributed by atoms with Gasteiger partial charge in [0.15, 0.2) is 0 Å². The van der Waals surface area contributed by atoms with Gasteiger partial charge in [0.05, 0.1) is 8.07 Å². The summed E-state index contributed by atoms with van der Waals surface area (Å²) < 4.78 is 0. The number of benzene rings is 1. The largest absolute Gasteiger partial charge is 0.330 e. The zero-order valence-corrected chi connectivity index (χ0v) is 11.0. The standard InChI is InChI=1S/C13H21NSi/c1-5-11-7-6-8-13(15(2,3)4)12(11)9-10-14/h5-8H,1,9-10,14H2,2-4H3. The summed E-state index contributed by atoms with van der Waals surface area (Å²) >= 11 is 0. The first-order chi connectivity index (χ1) is 7.00. The molecule has 0 aliphatic carbocycles. The molecule has 0 spiro atoms. The van der Waals surface area contributed by atoms with Gasteiger partial charge >= 0.3 is 0 Å². The van der Waals surface area contributed by atoms with Crippen LogP contribution in [0.1, 0.15) is 11.1 Å². The van der Waals surface area contributed by atoms with Gasteiger partial charge in [0.2, 0.25) is 0 Å². The van der Waals surface area contributed by atoms with Gasteiger partial charge in [0.1, 0.15) is 0 Å². The van der Waals surface area contributed by atoms with Crippen molar-refractivity contribution in [1.82, 2.24) is 0 Å². The molecule has 1 aromatic rings. The maximum atomic E-state index is 5.68. The van der Waals surface area contributed by atoms with Crippen LogP contribution in [-0.2, 0) is 6.42 Å². The first-order valence-electron chi connectivity index (χ1n) is 5.45. The lowest BCUT2D eigenvalue weighted by molar-refractivity contribution is 0.971. The lowest BCUT2D eigenvalue weighted by Gasteiger charge is -2.22.